The fraction of sp³-hybridized carbons (Fsp3) is 0.889. The zero-order chi connectivity index (χ0) is 9.19. The Morgan fingerprint density at radius 2 is 2.17 bits per heavy atom. The zero-order valence-corrected chi connectivity index (χ0v) is 7.76. The number of aliphatic carboxylic acids is 1. The summed E-state index contributed by atoms with van der Waals surface area (Å²) in [5.41, 5.74) is 0.100. The Hall–Kier alpha value is -0.570. The highest BCUT2D eigenvalue weighted by Gasteiger charge is 2.38. The number of carboxylic acids is 1. The summed E-state index contributed by atoms with van der Waals surface area (Å²) in [4.78, 5) is 10.7. The SMILES string of the molecule is CCC1(CC)CC(C(=O)O)CN1. The average Bonchev–Trinajstić information content (AvgIpc) is 2.49. The van der Waals surface area contributed by atoms with E-state index in [2.05, 4.69) is 19.2 Å². The van der Waals surface area contributed by atoms with Gasteiger partial charge in [-0.15, -0.1) is 0 Å². The van der Waals surface area contributed by atoms with Crippen LogP contribution in [-0.4, -0.2) is 23.2 Å². The summed E-state index contributed by atoms with van der Waals surface area (Å²) in [7, 11) is 0. The molecule has 0 aromatic heterocycles. The monoisotopic (exact) mass is 171 g/mol. The van der Waals surface area contributed by atoms with Crippen LogP contribution >= 0.6 is 0 Å². The molecular weight excluding hydrogens is 154 g/mol. The standard InChI is InChI=1S/C9H17NO2/c1-3-9(4-2)5-7(6-10-9)8(11)12/h7,10H,3-6H2,1-2H3,(H,11,12). The van der Waals surface area contributed by atoms with E-state index in [0.717, 1.165) is 19.3 Å². The fourth-order valence-electron chi connectivity index (χ4n) is 1.92. The third kappa shape index (κ3) is 1.61. The van der Waals surface area contributed by atoms with Crippen LogP contribution in [0.15, 0.2) is 0 Å². The van der Waals surface area contributed by atoms with E-state index in [1.165, 1.54) is 0 Å². The van der Waals surface area contributed by atoms with Gasteiger partial charge in [-0.3, -0.25) is 4.79 Å². The van der Waals surface area contributed by atoms with Crippen LogP contribution in [0.1, 0.15) is 33.1 Å². The highest BCUT2D eigenvalue weighted by atomic mass is 16.4. The van der Waals surface area contributed by atoms with Gasteiger partial charge >= 0.3 is 5.97 Å². The first kappa shape index (κ1) is 9.52. The van der Waals surface area contributed by atoms with Gasteiger partial charge in [-0.05, 0) is 19.3 Å². The van der Waals surface area contributed by atoms with E-state index >= 15 is 0 Å². The second-order valence-corrected chi connectivity index (χ2v) is 3.61. The number of carbonyl (C=O) groups is 1. The lowest BCUT2D eigenvalue weighted by atomic mass is 9.88. The van der Waals surface area contributed by atoms with Crippen molar-refractivity contribution in [3.8, 4) is 0 Å². The van der Waals surface area contributed by atoms with Crippen molar-refractivity contribution < 1.29 is 9.90 Å². The molecule has 1 heterocycles. The van der Waals surface area contributed by atoms with E-state index in [4.69, 9.17) is 5.11 Å². The van der Waals surface area contributed by atoms with Gasteiger partial charge in [0, 0.05) is 12.1 Å². The Labute approximate surface area is 73.2 Å². The molecule has 0 saturated carbocycles. The Balaban J connectivity index is 2.58. The quantitative estimate of drug-likeness (QED) is 0.671. The molecule has 1 atom stereocenters. The van der Waals surface area contributed by atoms with E-state index in [1.807, 2.05) is 0 Å². The Bertz CT molecular complexity index is 175. The van der Waals surface area contributed by atoms with Gasteiger partial charge in [0.1, 0.15) is 0 Å². The van der Waals surface area contributed by atoms with Gasteiger partial charge in [0.2, 0.25) is 0 Å². The normalized spacial score (nSPS) is 27.3. The lowest BCUT2D eigenvalue weighted by molar-refractivity contribution is -0.141. The minimum absolute atomic E-state index is 0.100. The number of rotatable bonds is 3. The molecule has 1 rings (SSSR count). The highest BCUT2D eigenvalue weighted by molar-refractivity contribution is 5.71. The molecule has 0 radical (unpaired) electrons. The van der Waals surface area contributed by atoms with Gasteiger partial charge in [0.15, 0.2) is 0 Å². The summed E-state index contributed by atoms with van der Waals surface area (Å²) in [5.74, 6) is -0.837. The largest absolute Gasteiger partial charge is 0.481 e. The van der Waals surface area contributed by atoms with Crippen LogP contribution in [0.2, 0.25) is 0 Å². The second kappa shape index (κ2) is 3.44. The molecule has 12 heavy (non-hydrogen) atoms. The lowest BCUT2D eigenvalue weighted by Crippen LogP contribution is -2.37. The van der Waals surface area contributed by atoms with Crippen LogP contribution in [0, 0.1) is 5.92 Å². The Kier molecular flexibility index (Phi) is 2.73. The van der Waals surface area contributed by atoms with Crippen molar-refractivity contribution in [3.05, 3.63) is 0 Å². The van der Waals surface area contributed by atoms with Gasteiger partial charge < -0.3 is 10.4 Å². The number of hydrogen-bond donors (Lipinski definition) is 2. The first-order valence-corrected chi connectivity index (χ1v) is 4.61. The summed E-state index contributed by atoms with van der Waals surface area (Å²) < 4.78 is 0. The van der Waals surface area contributed by atoms with Crippen LogP contribution in [-0.2, 0) is 4.79 Å². The molecule has 2 N–H and O–H groups in total. The number of carboxylic acid groups (broad SMARTS) is 1. The first-order chi connectivity index (χ1) is 5.63. The summed E-state index contributed by atoms with van der Waals surface area (Å²) in [6.45, 7) is 4.86. The Morgan fingerprint density at radius 3 is 2.42 bits per heavy atom. The molecule has 0 amide bonds. The molecule has 3 nitrogen and oxygen atoms in total. The highest BCUT2D eigenvalue weighted by Crippen LogP contribution is 2.30. The maximum Gasteiger partial charge on any atom is 0.307 e. The topological polar surface area (TPSA) is 49.3 Å². The van der Waals surface area contributed by atoms with Crippen LogP contribution in [0.25, 0.3) is 0 Å². The second-order valence-electron chi connectivity index (χ2n) is 3.61. The molecule has 70 valence electrons. The molecule has 1 saturated heterocycles. The van der Waals surface area contributed by atoms with Crippen LogP contribution in [0.5, 0.6) is 0 Å². The number of hydrogen-bond acceptors (Lipinski definition) is 2. The summed E-state index contributed by atoms with van der Waals surface area (Å²) in [6, 6.07) is 0. The molecule has 3 heteroatoms. The summed E-state index contributed by atoms with van der Waals surface area (Å²) in [5, 5.41) is 12.1. The molecule has 0 bridgehead atoms. The predicted octanol–water partition coefficient (Wildman–Crippen LogP) is 1.24. The predicted molar refractivity (Wildman–Crippen MR) is 47.1 cm³/mol. The van der Waals surface area contributed by atoms with E-state index in [-0.39, 0.29) is 11.5 Å². The molecular formula is C9H17NO2. The first-order valence-electron chi connectivity index (χ1n) is 4.61. The Morgan fingerprint density at radius 1 is 1.58 bits per heavy atom. The molecule has 0 aromatic carbocycles. The van der Waals surface area contributed by atoms with E-state index in [1.54, 1.807) is 0 Å². The molecule has 1 aliphatic rings. The van der Waals surface area contributed by atoms with Crippen molar-refractivity contribution in [1.82, 2.24) is 5.32 Å². The summed E-state index contributed by atoms with van der Waals surface area (Å²) in [6.07, 6.45) is 2.83. The van der Waals surface area contributed by atoms with Crippen LogP contribution in [0.4, 0.5) is 0 Å². The van der Waals surface area contributed by atoms with Crippen molar-refractivity contribution in [1.29, 1.82) is 0 Å². The van der Waals surface area contributed by atoms with Gasteiger partial charge in [0.05, 0.1) is 5.92 Å². The van der Waals surface area contributed by atoms with Crippen LogP contribution < -0.4 is 5.32 Å². The van der Waals surface area contributed by atoms with Crippen molar-refractivity contribution in [3.63, 3.8) is 0 Å². The van der Waals surface area contributed by atoms with Crippen LogP contribution in [0.3, 0.4) is 0 Å². The zero-order valence-electron chi connectivity index (χ0n) is 7.76. The molecule has 1 fully saturated rings. The molecule has 1 unspecified atom stereocenters. The minimum Gasteiger partial charge on any atom is -0.481 e. The van der Waals surface area contributed by atoms with Gasteiger partial charge in [-0.1, -0.05) is 13.8 Å². The van der Waals surface area contributed by atoms with Gasteiger partial charge in [0.25, 0.3) is 0 Å². The van der Waals surface area contributed by atoms with E-state index < -0.39 is 5.97 Å². The van der Waals surface area contributed by atoms with Crippen molar-refractivity contribution in [2.24, 2.45) is 5.92 Å². The fourth-order valence-corrected chi connectivity index (χ4v) is 1.92. The maximum atomic E-state index is 10.7. The molecule has 0 spiro atoms. The van der Waals surface area contributed by atoms with Crippen molar-refractivity contribution >= 4 is 5.97 Å². The van der Waals surface area contributed by atoms with Gasteiger partial charge in [-0.2, -0.15) is 0 Å². The minimum atomic E-state index is -0.661. The van der Waals surface area contributed by atoms with Gasteiger partial charge in [-0.25, -0.2) is 0 Å². The lowest BCUT2D eigenvalue weighted by Gasteiger charge is -2.26. The smallest absolute Gasteiger partial charge is 0.307 e. The molecule has 0 aromatic rings. The summed E-state index contributed by atoms with van der Waals surface area (Å²) >= 11 is 0. The van der Waals surface area contributed by atoms with Crippen molar-refractivity contribution in [2.75, 3.05) is 6.54 Å². The number of nitrogens with one attached hydrogen (secondary N) is 1. The maximum absolute atomic E-state index is 10.7. The van der Waals surface area contributed by atoms with E-state index in [9.17, 15) is 4.79 Å². The average molecular weight is 171 g/mol. The van der Waals surface area contributed by atoms with E-state index in [0.29, 0.717) is 6.54 Å². The molecule has 0 aliphatic carbocycles. The van der Waals surface area contributed by atoms with Crippen molar-refractivity contribution in [2.45, 2.75) is 38.6 Å². The third-order valence-corrected chi connectivity index (χ3v) is 3.06. The molecule has 1 aliphatic heterocycles. The third-order valence-electron chi connectivity index (χ3n) is 3.06.